The molecule has 4 nitrogen and oxygen atoms in total. The van der Waals surface area contributed by atoms with Crippen LogP contribution in [0.4, 0.5) is 0 Å². The van der Waals surface area contributed by atoms with E-state index in [4.69, 9.17) is 15.6 Å². The van der Waals surface area contributed by atoms with Gasteiger partial charge in [-0.2, -0.15) is 0 Å². The zero-order valence-electron chi connectivity index (χ0n) is 8.94. The van der Waals surface area contributed by atoms with E-state index in [1.807, 2.05) is 12.1 Å². The quantitative estimate of drug-likeness (QED) is 0.869. The molecule has 0 saturated carbocycles. The molecule has 1 atom stereocenters. The topological polar surface area (TPSA) is 72.5 Å². The van der Waals surface area contributed by atoms with Crippen LogP contribution in [0.1, 0.15) is 17.9 Å². The molecule has 0 amide bonds. The summed E-state index contributed by atoms with van der Waals surface area (Å²) in [7, 11) is 1.56. The van der Waals surface area contributed by atoms with Gasteiger partial charge in [-0.15, -0.1) is 0 Å². The van der Waals surface area contributed by atoms with Gasteiger partial charge in [0.25, 0.3) is 0 Å². The van der Waals surface area contributed by atoms with E-state index < -0.39 is 5.97 Å². The van der Waals surface area contributed by atoms with Crippen LogP contribution in [0.25, 0.3) is 0 Å². The Kier molecular flexibility index (Phi) is 4.76. The number of halogens is 1. The fourth-order valence-corrected chi connectivity index (χ4v) is 1.93. The highest BCUT2D eigenvalue weighted by Crippen LogP contribution is 2.31. The molecule has 1 unspecified atom stereocenters. The van der Waals surface area contributed by atoms with Crippen molar-refractivity contribution < 1.29 is 14.6 Å². The molecule has 16 heavy (non-hydrogen) atoms. The van der Waals surface area contributed by atoms with Gasteiger partial charge in [0.1, 0.15) is 5.75 Å². The third-order valence-corrected chi connectivity index (χ3v) is 2.83. The molecule has 5 heteroatoms. The Labute approximate surface area is 103 Å². The van der Waals surface area contributed by atoms with Crippen molar-refractivity contribution >= 4 is 21.9 Å². The van der Waals surface area contributed by atoms with Crippen LogP contribution in [0.2, 0.25) is 0 Å². The number of nitrogens with two attached hydrogens (primary N) is 1. The molecule has 1 rings (SSSR count). The molecule has 0 aliphatic rings. The number of carboxylic acid groups (broad SMARTS) is 1. The number of carbonyl (C=O) groups is 1. The van der Waals surface area contributed by atoms with Gasteiger partial charge in [0, 0.05) is 16.0 Å². The average molecular weight is 288 g/mol. The third kappa shape index (κ3) is 3.21. The summed E-state index contributed by atoms with van der Waals surface area (Å²) >= 11 is 3.35. The van der Waals surface area contributed by atoms with Gasteiger partial charge in [-0.05, 0) is 24.7 Å². The van der Waals surface area contributed by atoms with E-state index in [0.29, 0.717) is 5.75 Å². The number of rotatable bonds is 5. The highest BCUT2D eigenvalue weighted by Gasteiger charge is 2.18. The largest absolute Gasteiger partial charge is 0.496 e. The molecule has 1 aromatic carbocycles. The van der Waals surface area contributed by atoms with Crippen LogP contribution >= 0.6 is 15.9 Å². The summed E-state index contributed by atoms with van der Waals surface area (Å²) in [5, 5.41) is 8.80. The van der Waals surface area contributed by atoms with Gasteiger partial charge < -0.3 is 15.6 Å². The lowest BCUT2D eigenvalue weighted by Crippen LogP contribution is -2.17. The van der Waals surface area contributed by atoms with Gasteiger partial charge >= 0.3 is 5.97 Å². The molecule has 0 saturated heterocycles. The Morgan fingerprint density at radius 2 is 2.31 bits per heavy atom. The van der Waals surface area contributed by atoms with Crippen LogP contribution in [-0.4, -0.2) is 24.7 Å². The van der Waals surface area contributed by atoms with E-state index in [1.54, 1.807) is 13.2 Å². The van der Waals surface area contributed by atoms with E-state index in [9.17, 15) is 4.79 Å². The second-order valence-corrected chi connectivity index (χ2v) is 4.33. The predicted octanol–water partition coefficient (Wildman–Crippen LogP) is 1.97. The first-order valence-corrected chi connectivity index (χ1v) is 5.63. The highest BCUT2D eigenvalue weighted by atomic mass is 79.9. The zero-order chi connectivity index (χ0) is 12.1. The average Bonchev–Trinajstić information content (AvgIpc) is 2.25. The minimum atomic E-state index is -0.863. The molecule has 0 heterocycles. The molecule has 0 spiro atoms. The van der Waals surface area contributed by atoms with E-state index in [1.165, 1.54) is 0 Å². The fraction of sp³-hybridized carbons (Fsp3) is 0.364. The normalized spacial score (nSPS) is 12.2. The number of carboxylic acids is 1. The molecule has 88 valence electrons. The van der Waals surface area contributed by atoms with Crippen molar-refractivity contribution in [2.24, 2.45) is 5.73 Å². The maximum Gasteiger partial charge on any atom is 0.304 e. The summed E-state index contributed by atoms with van der Waals surface area (Å²) in [5.74, 6) is -0.428. The van der Waals surface area contributed by atoms with E-state index >= 15 is 0 Å². The number of hydrogen-bond donors (Lipinski definition) is 2. The Morgan fingerprint density at radius 3 is 2.81 bits per heavy atom. The zero-order valence-corrected chi connectivity index (χ0v) is 10.5. The molecule has 0 aliphatic heterocycles. The van der Waals surface area contributed by atoms with Gasteiger partial charge in [-0.3, -0.25) is 4.79 Å². The van der Waals surface area contributed by atoms with Gasteiger partial charge in [0.15, 0.2) is 0 Å². The smallest absolute Gasteiger partial charge is 0.304 e. The molecule has 0 aromatic heterocycles. The standard InChI is InChI=1S/C11H14BrNO3/c1-16-10-3-2-8(12)5-9(10)7(6-13)4-11(14)15/h2-3,5,7H,4,6,13H2,1H3,(H,14,15). The number of aliphatic carboxylic acids is 1. The molecule has 0 bridgehead atoms. The first-order valence-electron chi connectivity index (χ1n) is 4.83. The summed E-state index contributed by atoms with van der Waals surface area (Å²) in [6.07, 6.45) is 0.00329. The second-order valence-electron chi connectivity index (χ2n) is 3.42. The van der Waals surface area contributed by atoms with Gasteiger partial charge in [0.2, 0.25) is 0 Å². The maximum absolute atomic E-state index is 10.7. The van der Waals surface area contributed by atoms with Crippen molar-refractivity contribution in [2.75, 3.05) is 13.7 Å². The molecule has 0 aliphatic carbocycles. The number of ether oxygens (including phenoxy) is 1. The molecular weight excluding hydrogens is 274 g/mol. The van der Waals surface area contributed by atoms with Crippen molar-refractivity contribution in [3.63, 3.8) is 0 Å². The Morgan fingerprint density at radius 1 is 1.62 bits per heavy atom. The van der Waals surface area contributed by atoms with Crippen LogP contribution in [-0.2, 0) is 4.79 Å². The maximum atomic E-state index is 10.7. The predicted molar refractivity (Wildman–Crippen MR) is 64.7 cm³/mol. The van der Waals surface area contributed by atoms with Gasteiger partial charge in [-0.1, -0.05) is 15.9 Å². The first kappa shape index (κ1) is 13.0. The van der Waals surface area contributed by atoms with E-state index in [2.05, 4.69) is 15.9 Å². The van der Waals surface area contributed by atoms with Crippen molar-refractivity contribution in [3.8, 4) is 5.75 Å². The molecule has 0 fully saturated rings. The van der Waals surface area contributed by atoms with E-state index in [-0.39, 0.29) is 18.9 Å². The summed E-state index contributed by atoms with van der Waals surface area (Å²) in [5.41, 5.74) is 6.41. The number of benzene rings is 1. The number of methoxy groups -OCH3 is 1. The van der Waals surface area contributed by atoms with Crippen molar-refractivity contribution in [2.45, 2.75) is 12.3 Å². The molecular formula is C11H14BrNO3. The highest BCUT2D eigenvalue weighted by molar-refractivity contribution is 9.10. The first-order chi connectivity index (χ1) is 7.58. The van der Waals surface area contributed by atoms with Crippen molar-refractivity contribution in [1.29, 1.82) is 0 Å². The Hall–Kier alpha value is -1.07. The number of hydrogen-bond acceptors (Lipinski definition) is 3. The minimum absolute atomic E-state index is 0.00329. The Bertz CT molecular complexity index is 381. The second kappa shape index (κ2) is 5.86. The van der Waals surface area contributed by atoms with Gasteiger partial charge in [-0.25, -0.2) is 0 Å². The van der Waals surface area contributed by atoms with Crippen LogP contribution in [0.15, 0.2) is 22.7 Å². The molecule has 1 aromatic rings. The lowest BCUT2D eigenvalue weighted by Gasteiger charge is -2.16. The molecule has 0 radical (unpaired) electrons. The monoisotopic (exact) mass is 287 g/mol. The lowest BCUT2D eigenvalue weighted by atomic mass is 9.95. The van der Waals surface area contributed by atoms with Crippen LogP contribution < -0.4 is 10.5 Å². The molecule has 3 N–H and O–H groups in total. The third-order valence-electron chi connectivity index (χ3n) is 2.34. The van der Waals surface area contributed by atoms with Crippen LogP contribution in [0.3, 0.4) is 0 Å². The Balaban J connectivity index is 3.06. The van der Waals surface area contributed by atoms with Crippen molar-refractivity contribution in [3.05, 3.63) is 28.2 Å². The minimum Gasteiger partial charge on any atom is -0.496 e. The van der Waals surface area contributed by atoms with E-state index in [0.717, 1.165) is 10.0 Å². The SMILES string of the molecule is COc1ccc(Br)cc1C(CN)CC(=O)O. The van der Waals surface area contributed by atoms with Crippen molar-refractivity contribution in [1.82, 2.24) is 0 Å². The summed E-state index contributed by atoms with van der Waals surface area (Å²) in [6, 6.07) is 5.49. The summed E-state index contributed by atoms with van der Waals surface area (Å²) < 4.78 is 6.08. The van der Waals surface area contributed by atoms with Crippen LogP contribution in [0, 0.1) is 0 Å². The summed E-state index contributed by atoms with van der Waals surface area (Å²) in [6.45, 7) is 0.277. The van der Waals surface area contributed by atoms with Crippen LogP contribution in [0.5, 0.6) is 5.75 Å². The summed E-state index contributed by atoms with van der Waals surface area (Å²) in [4.78, 5) is 10.7. The lowest BCUT2D eigenvalue weighted by molar-refractivity contribution is -0.137. The fourth-order valence-electron chi connectivity index (χ4n) is 1.56. The van der Waals surface area contributed by atoms with Gasteiger partial charge in [0.05, 0.1) is 13.5 Å².